The highest BCUT2D eigenvalue weighted by atomic mass is 35.5. The van der Waals surface area contributed by atoms with Gasteiger partial charge in [-0.3, -0.25) is 0 Å². The second-order valence-corrected chi connectivity index (χ2v) is 5.71. The van der Waals surface area contributed by atoms with Crippen molar-refractivity contribution in [3.63, 3.8) is 0 Å². The fourth-order valence-corrected chi connectivity index (χ4v) is 2.38. The summed E-state index contributed by atoms with van der Waals surface area (Å²) < 4.78 is 5.11. The van der Waals surface area contributed by atoms with Crippen LogP contribution in [0.3, 0.4) is 0 Å². The van der Waals surface area contributed by atoms with Crippen molar-refractivity contribution < 1.29 is 19.4 Å². The number of benzene rings is 2. The van der Waals surface area contributed by atoms with Crippen molar-refractivity contribution in [1.82, 2.24) is 0 Å². The SMILES string of the molecule is O=C1OC(c2cccc(C(=O)O)c2)=N/C1=C/c1ccc(Cl)c(Cl)c1. The number of hydrogen-bond donors (Lipinski definition) is 1. The summed E-state index contributed by atoms with van der Waals surface area (Å²) in [5, 5.41) is 9.78. The Morgan fingerprint density at radius 3 is 2.62 bits per heavy atom. The lowest BCUT2D eigenvalue weighted by Gasteiger charge is -2.00. The minimum Gasteiger partial charge on any atom is -0.478 e. The summed E-state index contributed by atoms with van der Waals surface area (Å²) >= 11 is 11.8. The van der Waals surface area contributed by atoms with Gasteiger partial charge < -0.3 is 9.84 Å². The summed E-state index contributed by atoms with van der Waals surface area (Å²) in [4.78, 5) is 27.1. The smallest absolute Gasteiger partial charge is 0.363 e. The van der Waals surface area contributed by atoms with Crippen LogP contribution >= 0.6 is 23.2 Å². The summed E-state index contributed by atoms with van der Waals surface area (Å²) in [5.41, 5.74) is 1.21. The summed E-state index contributed by atoms with van der Waals surface area (Å²) in [7, 11) is 0. The molecule has 0 saturated carbocycles. The maximum absolute atomic E-state index is 12.0. The quantitative estimate of drug-likeness (QED) is 0.661. The van der Waals surface area contributed by atoms with Gasteiger partial charge >= 0.3 is 11.9 Å². The summed E-state index contributed by atoms with van der Waals surface area (Å²) in [6.07, 6.45) is 1.51. The monoisotopic (exact) mass is 361 g/mol. The normalized spacial score (nSPS) is 15.3. The number of carboxylic acid groups (broad SMARTS) is 1. The minimum atomic E-state index is -1.08. The maximum Gasteiger partial charge on any atom is 0.363 e. The molecule has 0 fully saturated rings. The molecule has 0 radical (unpaired) electrons. The van der Waals surface area contributed by atoms with Gasteiger partial charge in [0, 0.05) is 5.56 Å². The zero-order valence-corrected chi connectivity index (χ0v) is 13.5. The first-order chi connectivity index (χ1) is 11.4. The second kappa shape index (κ2) is 6.47. The van der Waals surface area contributed by atoms with Gasteiger partial charge in [0.2, 0.25) is 5.90 Å². The van der Waals surface area contributed by atoms with Gasteiger partial charge in [-0.05, 0) is 42.0 Å². The van der Waals surface area contributed by atoms with Gasteiger partial charge in [-0.1, -0.05) is 35.3 Å². The number of hydrogen-bond acceptors (Lipinski definition) is 4. The van der Waals surface area contributed by atoms with Crippen LogP contribution in [0.4, 0.5) is 0 Å². The molecule has 7 heteroatoms. The second-order valence-electron chi connectivity index (χ2n) is 4.90. The fraction of sp³-hybridized carbons (Fsp3) is 0. The van der Waals surface area contributed by atoms with Crippen molar-refractivity contribution in [2.75, 3.05) is 0 Å². The van der Waals surface area contributed by atoms with Gasteiger partial charge in [-0.15, -0.1) is 0 Å². The number of nitrogens with zero attached hydrogens (tertiary/aromatic N) is 1. The number of carbonyl (C=O) groups is 2. The molecule has 0 unspecified atom stereocenters. The van der Waals surface area contributed by atoms with Crippen molar-refractivity contribution in [3.05, 3.63) is 74.9 Å². The summed E-state index contributed by atoms with van der Waals surface area (Å²) in [6, 6.07) is 10.9. The first-order valence-corrected chi connectivity index (χ1v) is 7.51. The predicted octanol–water partition coefficient (Wildman–Crippen LogP) is 4.04. The Balaban J connectivity index is 1.95. The highest BCUT2D eigenvalue weighted by Gasteiger charge is 2.24. The molecule has 1 heterocycles. The van der Waals surface area contributed by atoms with E-state index in [0.717, 1.165) is 0 Å². The van der Waals surface area contributed by atoms with E-state index in [4.69, 9.17) is 33.0 Å². The first kappa shape index (κ1) is 16.2. The van der Waals surface area contributed by atoms with Gasteiger partial charge in [0.05, 0.1) is 15.6 Å². The number of rotatable bonds is 3. The lowest BCUT2D eigenvalue weighted by Crippen LogP contribution is -2.07. The number of carboxylic acids is 1. The molecular formula is C17H9Cl2NO4. The van der Waals surface area contributed by atoms with Gasteiger partial charge in [0.15, 0.2) is 5.70 Å². The van der Waals surface area contributed by atoms with E-state index in [1.54, 1.807) is 30.3 Å². The minimum absolute atomic E-state index is 0.0504. The molecule has 0 saturated heterocycles. The number of aromatic carboxylic acids is 1. The van der Waals surface area contributed by atoms with E-state index in [1.807, 2.05) is 0 Å². The topological polar surface area (TPSA) is 76.0 Å². The molecule has 0 aliphatic carbocycles. The third kappa shape index (κ3) is 3.32. The molecule has 1 N–H and O–H groups in total. The standard InChI is InChI=1S/C17H9Cl2NO4/c18-12-5-4-9(6-13(12)19)7-14-17(23)24-15(20-14)10-2-1-3-11(8-10)16(21)22/h1-8H,(H,21,22)/b14-7+. The Labute approximate surface area is 146 Å². The van der Waals surface area contributed by atoms with Crippen LogP contribution in [0.15, 0.2) is 53.2 Å². The maximum atomic E-state index is 12.0. The lowest BCUT2D eigenvalue weighted by molar-refractivity contribution is -0.129. The summed E-state index contributed by atoms with van der Waals surface area (Å²) in [5.74, 6) is -1.65. The lowest BCUT2D eigenvalue weighted by atomic mass is 10.1. The number of halogens is 2. The largest absolute Gasteiger partial charge is 0.478 e. The first-order valence-electron chi connectivity index (χ1n) is 6.75. The van der Waals surface area contributed by atoms with Crippen molar-refractivity contribution in [2.24, 2.45) is 4.99 Å². The van der Waals surface area contributed by atoms with E-state index in [0.29, 0.717) is 21.2 Å². The molecule has 120 valence electrons. The average Bonchev–Trinajstić information content (AvgIpc) is 2.92. The Hall–Kier alpha value is -2.63. The van der Waals surface area contributed by atoms with Gasteiger partial charge in [-0.2, -0.15) is 0 Å². The number of esters is 1. The van der Waals surface area contributed by atoms with Crippen LogP contribution in [0.2, 0.25) is 10.0 Å². The van der Waals surface area contributed by atoms with Crippen LogP contribution in [-0.2, 0) is 9.53 Å². The van der Waals surface area contributed by atoms with Crippen LogP contribution in [0.5, 0.6) is 0 Å². The molecule has 5 nitrogen and oxygen atoms in total. The highest BCUT2D eigenvalue weighted by Crippen LogP contribution is 2.25. The Morgan fingerprint density at radius 2 is 1.92 bits per heavy atom. The molecule has 0 bridgehead atoms. The predicted molar refractivity (Wildman–Crippen MR) is 90.5 cm³/mol. The third-order valence-corrected chi connectivity index (χ3v) is 3.96. The number of ether oxygens (including phenoxy) is 1. The molecule has 0 aromatic heterocycles. The number of carbonyl (C=O) groups excluding carboxylic acids is 1. The Bertz CT molecular complexity index is 919. The fourth-order valence-electron chi connectivity index (χ4n) is 2.08. The third-order valence-electron chi connectivity index (χ3n) is 3.22. The number of cyclic esters (lactones) is 1. The average molecular weight is 362 g/mol. The zero-order chi connectivity index (χ0) is 17.3. The van der Waals surface area contributed by atoms with E-state index < -0.39 is 11.9 Å². The van der Waals surface area contributed by atoms with Crippen LogP contribution in [0, 0.1) is 0 Å². The van der Waals surface area contributed by atoms with Crippen LogP contribution in [-0.4, -0.2) is 22.9 Å². The Morgan fingerprint density at radius 1 is 1.12 bits per heavy atom. The molecule has 0 atom stereocenters. The van der Waals surface area contributed by atoms with E-state index in [9.17, 15) is 9.59 Å². The van der Waals surface area contributed by atoms with Gasteiger partial charge in [0.25, 0.3) is 0 Å². The van der Waals surface area contributed by atoms with Crippen LogP contribution in [0.1, 0.15) is 21.5 Å². The molecule has 24 heavy (non-hydrogen) atoms. The zero-order valence-electron chi connectivity index (χ0n) is 12.0. The van der Waals surface area contributed by atoms with E-state index in [2.05, 4.69) is 4.99 Å². The van der Waals surface area contributed by atoms with Crippen molar-refractivity contribution in [2.45, 2.75) is 0 Å². The van der Waals surface area contributed by atoms with E-state index in [-0.39, 0.29) is 17.2 Å². The van der Waals surface area contributed by atoms with Gasteiger partial charge in [0.1, 0.15) is 0 Å². The Kier molecular flexibility index (Phi) is 4.38. The molecular weight excluding hydrogens is 353 g/mol. The molecule has 3 rings (SSSR count). The van der Waals surface area contributed by atoms with Gasteiger partial charge in [-0.25, -0.2) is 14.6 Å². The van der Waals surface area contributed by atoms with E-state index in [1.165, 1.54) is 18.2 Å². The molecule has 2 aromatic carbocycles. The molecule has 0 amide bonds. The molecule has 0 spiro atoms. The number of aliphatic imine (C=N–C) groups is 1. The van der Waals surface area contributed by atoms with Crippen LogP contribution in [0.25, 0.3) is 6.08 Å². The molecule has 2 aromatic rings. The molecule has 1 aliphatic rings. The van der Waals surface area contributed by atoms with Crippen molar-refractivity contribution >= 4 is 47.1 Å². The highest BCUT2D eigenvalue weighted by molar-refractivity contribution is 6.42. The summed E-state index contributed by atoms with van der Waals surface area (Å²) in [6.45, 7) is 0. The van der Waals surface area contributed by atoms with Crippen LogP contribution < -0.4 is 0 Å². The molecule has 1 aliphatic heterocycles. The van der Waals surface area contributed by atoms with Crippen molar-refractivity contribution in [3.8, 4) is 0 Å². The van der Waals surface area contributed by atoms with Crippen molar-refractivity contribution in [1.29, 1.82) is 0 Å². The van der Waals surface area contributed by atoms with E-state index >= 15 is 0 Å².